The van der Waals surface area contributed by atoms with Crippen LogP contribution in [-0.2, 0) is 0 Å². The van der Waals surface area contributed by atoms with Gasteiger partial charge in [-0.1, -0.05) is 12.8 Å². The van der Waals surface area contributed by atoms with Crippen LogP contribution in [0.4, 0.5) is 0 Å². The van der Waals surface area contributed by atoms with Gasteiger partial charge in [0.15, 0.2) is 0 Å². The molecule has 0 saturated heterocycles. The monoisotopic (exact) mass is 178 g/mol. The van der Waals surface area contributed by atoms with E-state index in [2.05, 4.69) is 15.4 Å². The van der Waals surface area contributed by atoms with Crippen molar-refractivity contribution in [1.29, 1.82) is 0 Å². The van der Waals surface area contributed by atoms with Crippen molar-refractivity contribution in [2.24, 2.45) is 11.8 Å². The van der Waals surface area contributed by atoms with Crippen molar-refractivity contribution in [2.75, 3.05) is 0 Å². The summed E-state index contributed by atoms with van der Waals surface area (Å²) in [6, 6.07) is 1.93. The molecule has 1 aromatic heterocycles. The molecule has 13 heavy (non-hydrogen) atoms. The fourth-order valence-electron chi connectivity index (χ4n) is 1.43. The average Bonchev–Trinajstić information content (AvgIpc) is 2.99. The average molecular weight is 178 g/mol. The third-order valence-electron chi connectivity index (χ3n) is 2.36. The van der Waals surface area contributed by atoms with Gasteiger partial charge in [-0.15, -0.1) is 0 Å². The Balaban J connectivity index is 2.02. The summed E-state index contributed by atoms with van der Waals surface area (Å²) in [6.07, 6.45) is 7.20. The van der Waals surface area contributed by atoms with Gasteiger partial charge in [-0.2, -0.15) is 0 Å². The van der Waals surface area contributed by atoms with Crippen molar-refractivity contribution in [1.82, 2.24) is 15.4 Å². The van der Waals surface area contributed by atoms with Gasteiger partial charge in [-0.05, 0) is 18.4 Å². The van der Waals surface area contributed by atoms with Gasteiger partial charge in [0.1, 0.15) is 5.82 Å². The molecule has 1 aromatic rings. The number of nitrogens with zero attached hydrogens (tertiary/aromatic N) is 2. The zero-order valence-electron chi connectivity index (χ0n) is 7.48. The number of rotatable bonds is 4. The summed E-state index contributed by atoms with van der Waals surface area (Å²) < 4.78 is 0. The van der Waals surface area contributed by atoms with Gasteiger partial charge in [0.2, 0.25) is 0 Å². The van der Waals surface area contributed by atoms with E-state index in [9.17, 15) is 0 Å². The standard InChI is InChI=1S/C9H14N4/c10-13-8(6-7-2-3-7)9-11-4-1-5-12-9/h1,4-5,7-8,13H,2-3,6,10H2. The van der Waals surface area contributed by atoms with Crippen LogP contribution in [0.15, 0.2) is 18.5 Å². The molecule has 4 heteroatoms. The van der Waals surface area contributed by atoms with Crippen LogP contribution in [0, 0.1) is 5.92 Å². The van der Waals surface area contributed by atoms with Crippen molar-refractivity contribution in [3.8, 4) is 0 Å². The lowest BCUT2D eigenvalue weighted by molar-refractivity contribution is 0.465. The molecular formula is C9H14N4. The Bertz CT molecular complexity index is 258. The lowest BCUT2D eigenvalue weighted by Crippen LogP contribution is -2.29. The van der Waals surface area contributed by atoms with Gasteiger partial charge < -0.3 is 0 Å². The molecule has 4 nitrogen and oxygen atoms in total. The summed E-state index contributed by atoms with van der Waals surface area (Å²) in [4.78, 5) is 8.35. The van der Waals surface area contributed by atoms with Crippen molar-refractivity contribution in [2.45, 2.75) is 25.3 Å². The third-order valence-corrected chi connectivity index (χ3v) is 2.36. The van der Waals surface area contributed by atoms with Crippen LogP contribution in [0.5, 0.6) is 0 Å². The van der Waals surface area contributed by atoms with Gasteiger partial charge in [-0.25, -0.2) is 15.4 Å². The van der Waals surface area contributed by atoms with E-state index < -0.39 is 0 Å². The molecule has 1 unspecified atom stereocenters. The number of nitrogens with two attached hydrogens (primary N) is 1. The SMILES string of the molecule is NNC(CC1CC1)c1ncccn1. The highest BCUT2D eigenvalue weighted by Crippen LogP contribution is 2.36. The predicted molar refractivity (Wildman–Crippen MR) is 49.4 cm³/mol. The highest BCUT2D eigenvalue weighted by atomic mass is 15.2. The number of hydrogen-bond acceptors (Lipinski definition) is 4. The number of hydrazine groups is 1. The maximum atomic E-state index is 5.45. The van der Waals surface area contributed by atoms with Gasteiger partial charge in [0.05, 0.1) is 6.04 Å². The van der Waals surface area contributed by atoms with E-state index in [1.165, 1.54) is 12.8 Å². The van der Waals surface area contributed by atoms with Gasteiger partial charge >= 0.3 is 0 Å². The number of aromatic nitrogens is 2. The minimum atomic E-state index is 0.119. The molecular weight excluding hydrogens is 164 g/mol. The molecule has 0 aromatic carbocycles. The largest absolute Gasteiger partial charge is 0.271 e. The Hall–Kier alpha value is -1.00. The molecule has 70 valence electrons. The number of hydrogen-bond donors (Lipinski definition) is 2. The van der Waals surface area contributed by atoms with E-state index >= 15 is 0 Å². The highest BCUT2D eigenvalue weighted by molar-refractivity contribution is 4.97. The molecule has 1 saturated carbocycles. The second-order valence-electron chi connectivity index (χ2n) is 3.51. The molecule has 1 aliphatic rings. The summed E-state index contributed by atoms with van der Waals surface area (Å²) >= 11 is 0. The third kappa shape index (κ3) is 2.23. The van der Waals surface area contributed by atoms with Gasteiger partial charge in [-0.3, -0.25) is 5.84 Å². The van der Waals surface area contributed by atoms with Crippen LogP contribution in [0.1, 0.15) is 31.1 Å². The Morgan fingerprint density at radius 1 is 1.46 bits per heavy atom. The first-order chi connectivity index (χ1) is 6.40. The quantitative estimate of drug-likeness (QED) is 0.528. The predicted octanol–water partition coefficient (Wildman–Crippen LogP) is 0.781. The van der Waals surface area contributed by atoms with Crippen LogP contribution in [0.2, 0.25) is 0 Å². The van der Waals surface area contributed by atoms with E-state index in [0.717, 1.165) is 18.2 Å². The fourth-order valence-corrected chi connectivity index (χ4v) is 1.43. The lowest BCUT2D eigenvalue weighted by atomic mass is 10.1. The number of nitrogens with one attached hydrogen (secondary N) is 1. The van der Waals surface area contributed by atoms with Gasteiger partial charge in [0, 0.05) is 12.4 Å². The first kappa shape index (κ1) is 8.59. The molecule has 0 spiro atoms. The van der Waals surface area contributed by atoms with Crippen LogP contribution < -0.4 is 11.3 Å². The highest BCUT2D eigenvalue weighted by Gasteiger charge is 2.26. The Labute approximate surface area is 77.5 Å². The van der Waals surface area contributed by atoms with Crippen LogP contribution in [-0.4, -0.2) is 9.97 Å². The second kappa shape index (κ2) is 3.81. The summed E-state index contributed by atoms with van der Waals surface area (Å²) in [7, 11) is 0. The minimum absolute atomic E-state index is 0.119. The molecule has 0 amide bonds. The molecule has 1 heterocycles. The fraction of sp³-hybridized carbons (Fsp3) is 0.556. The summed E-state index contributed by atoms with van der Waals surface area (Å²) in [5, 5.41) is 0. The summed E-state index contributed by atoms with van der Waals surface area (Å²) in [6.45, 7) is 0. The van der Waals surface area contributed by atoms with Gasteiger partial charge in [0.25, 0.3) is 0 Å². The molecule has 2 rings (SSSR count). The van der Waals surface area contributed by atoms with Crippen molar-refractivity contribution in [3.05, 3.63) is 24.3 Å². The Morgan fingerprint density at radius 3 is 2.69 bits per heavy atom. The van der Waals surface area contributed by atoms with Crippen molar-refractivity contribution < 1.29 is 0 Å². The molecule has 0 aliphatic heterocycles. The Kier molecular flexibility index (Phi) is 2.52. The van der Waals surface area contributed by atoms with E-state index in [4.69, 9.17) is 5.84 Å². The van der Waals surface area contributed by atoms with Crippen LogP contribution >= 0.6 is 0 Å². The van der Waals surface area contributed by atoms with Crippen LogP contribution in [0.3, 0.4) is 0 Å². The zero-order valence-corrected chi connectivity index (χ0v) is 7.48. The van der Waals surface area contributed by atoms with E-state index in [1.807, 2.05) is 6.07 Å². The first-order valence-corrected chi connectivity index (χ1v) is 4.63. The smallest absolute Gasteiger partial charge is 0.146 e. The topological polar surface area (TPSA) is 63.8 Å². The van der Waals surface area contributed by atoms with Crippen LogP contribution in [0.25, 0.3) is 0 Å². The van der Waals surface area contributed by atoms with E-state index in [0.29, 0.717) is 0 Å². The molecule has 0 bridgehead atoms. The minimum Gasteiger partial charge on any atom is -0.271 e. The summed E-state index contributed by atoms with van der Waals surface area (Å²) in [5.41, 5.74) is 2.76. The van der Waals surface area contributed by atoms with E-state index in [1.54, 1.807) is 12.4 Å². The lowest BCUT2D eigenvalue weighted by Gasteiger charge is -2.12. The molecule has 1 aliphatic carbocycles. The maximum absolute atomic E-state index is 5.45. The molecule has 1 fully saturated rings. The molecule has 3 N–H and O–H groups in total. The van der Waals surface area contributed by atoms with E-state index in [-0.39, 0.29) is 6.04 Å². The Morgan fingerprint density at radius 2 is 2.15 bits per heavy atom. The van der Waals surface area contributed by atoms with Crippen molar-refractivity contribution in [3.63, 3.8) is 0 Å². The molecule has 0 radical (unpaired) electrons. The zero-order chi connectivity index (χ0) is 9.10. The molecule has 1 atom stereocenters. The maximum Gasteiger partial charge on any atom is 0.146 e. The van der Waals surface area contributed by atoms with Crippen molar-refractivity contribution >= 4 is 0 Å². The normalized spacial score (nSPS) is 18.5. The first-order valence-electron chi connectivity index (χ1n) is 4.63. The summed E-state index contributed by atoms with van der Waals surface area (Å²) in [5.74, 6) is 7.08. The second-order valence-corrected chi connectivity index (χ2v) is 3.51.